The van der Waals surface area contributed by atoms with Crippen LogP contribution in [0.3, 0.4) is 0 Å². The molecular formula is C19H17FO. The van der Waals surface area contributed by atoms with Crippen LogP contribution in [0.5, 0.6) is 0 Å². The Hall–Kier alpha value is -2.22. The molecule has 106 valence electrons. The topological polar surface area (TPSA) is 17.1 Å². The third kappa shape index (κ3) is 3.10. The lowest BCUT2D eigenvalue weighted by Crippen LogP contribution is -2.17. The smallest absolute Gasteiger partial charge is 0.166 e. The molecule has 1 aliphatic carbocycles. The summed E-state index contributed by atoms with van der Waals surface area (Å²) in [4.78, 5) is 12.4. The normalized spacial score (nSPS) is 18.1. The Morgan fingerprint density at radius 1 is 1.00 bits per heavy atom. The highest BCUT2D eigenvalue weighted by Crippen LogP contribution is 2.32. The van der Waals surface area contributed by atoms with E-state index in [1.807, 2.05) is 30.3 Å². The van der Waals surface area contributed by atoms with Crippen LogP contribution in [0.1, 0.15) is 35.2 Å². The molecule has 0 aliphatic heterocycles. The Morgan fingerprint density at radius 2 is 1.71 bits per heavy atom. The number of ketones is 1. The Balaban J connectivity index is 1.72. The average Bonchev–Trinajstić information content (AvgIpc) is 2.56. The van der Waals surface area contributed by atoms with Crippen molar-refractivity contribution in [2.24, 2.45) is 5.92 Å². The number of benzene rings is 2. The van der Waals surface area contributed by atoms with E-state index < -0.39 is 0 Å². The van der Waals surface area contributed by atoms with Gasteiger partial charge in [0.25, 0.3) is 0 Å². The Kier molecular flexibility index (Phi) is 3.96. The van der Waals surface area contributed by atoms with Crippen LogP contribution in [-0.4, -0.2) is 5.78 Å². The van der Waals surface area contributed by atoms with Crippen molar-refractivity contribution in [3.05, 3.63) is 77.6 Å². The number of halogens is 1. The van der Waals surface area contributed by atoms with Gasteiger partial charge in [0, 0.05) is 11.5 Å². The van der Waals surface area contributed by atoms with Gasteiger partial charge in [-0.3, -0.25) is 4.79 Å². The van der Waals surface area contributed by atoms with E-state index in [1.165, 1.54) is 17.7 Å². The number of rotatable bonds is 3. The van der Waals surface area contributed by atoms with Crippen LogP contribution in [0.4, 0.5) is 4.39 Å². The highest BCUT2D eigenvalue weighted by atomic mass is 19.1. The number of allylic oxidation sites excluding steroid dienone is 2. The number of carbonyl (C=O) groups excluding carboxylic acids is 1. The van der Waals surface area contributed by atoms with Gasteiger partial charge in [-0.1, -0.05) is 48.5 Å². The first-order valence-electron chi connectivity index (χ1n) is 7.28. The van der Waals surface area contributed by atoms with E-state index >= 15 is 0 Å². The largest absolute Gasteiger partial charge is 0.294 e. The van der Waals surface area contributed by atoms with Crippen molar-refractivity contribution in [3.8, 4) is 0 Å². The second kappa shape index (κ2) is 6.04. The van der Waals surface area contributed by atoms with Gasteiger partial charge in [-0.2, -0.15) is 0 Å². The van der Waals surface area contributed by atoms with E-state index in [4.69, 9.17) is 0 Å². The number of hydrogen-bond acceptors (Lipinski definition) is 1. The molecule has 0 aromatic heterocycles. The molecule has 1 atom stereocenters. The van der Waals surface area contributed by atoms with Gasteiger partial charge in [0.1, 0.15) is 5.82 Å². The fourth-order valence-corrected chi connectivity index (χ4v) is 2.84. The summed E-state index contributed by atoms with van der Waals surface area (Å²) in [6.45, 7) is 0. The lowest BCUT2D eigenvalue weighted by Gasteiger charge is -2.21. The van der Waals surface area contributed by atoms with Gasteiger partial charge in [-0.05, 0) is 42.5 Å². The van der Waals surface area contributed by atoms with Gasteiger partial charge in [0.05, 0.1) is 0 Å². The molecule has 21 heavy (non-hydrogen) atoms. The highest BCUT2D eigenvalue weighted by Gasteiger charge is 2.22. The SMILES string of the molecule is O=C(c1ccccc1)C1CC=C(c2ccc(F)cc2)CC1. The second-order valence-corrected chi connectivity index (χ2v) is 5.44. The van der Waals surface area contributed by atoms with Gasteiger partial charge >= 0.3 is 0 Å². The van der Waals surface area contributed by atoms with E-state index in [-0.39, 0.29) is 17.5 Å². The molecule has 0 N–H and O–H groups in total. The van der Waals surface area contributed by atoms with E-state index in [0.717, 1.165) is 30.4 Å². The van der Waals surface area contributed by atoms with Gasteiger partial charge in [-0.25, -0.2) is 4.39 Å². The molecule has 0 bridgehead atoms. The summed E-state index contributed by atoms with van der Waals surface area (Å²) in [5, 5.41) is 0. The van der Waals surface area contributed by atoms with Crippen LogP contribution in [-0.2, 0) is 0 Å². The van der Waals surface area contributed by atoms with Crippen molar-refractivity contribution in [2.45, 2.75) is 19.3 Å². The first-order chi connectivity index (χ1) is 10.2. The molecule has 0 radical (unpaired) electrons. The molecule has 0 saturated heterocycles. The van der Waals surface area contributed by atoms with Crippen LogP contribution >= 0.6 is 0 Å². The van der Waals surface area contributed by atoms with Crippen LogP contribution in [0.25, 0.3) is 5.57 Å². The van der Waals surface area contributed by atoms with Gasteiger partial charge in [-0.15, -0.1) is 0 Å². The fourth-order valence-electron chi connectivity index (χ4n) is 2.84. The number of carbonyl (C=O) groups is 1. The molecule has 2 aromatic carbocycles. The van der Waals surface area contributed by atoms with Crippen molar-refractivity contribution in [2.75, 3.05) is 0 Å². The van der Waals surface area contributed by atoms with E-state index in [1.54, 1.807) is 12.1 Å². The molecule has 0 amide bonds. The zero-order valence-corrected chi connectivity index (χ0v) is 11.8. The predicted molar refractivity (Wildman–Crippen MR) is 82.5 cm³/mol. The minimum atomic E-state index is -0.215. The van der Waals surface area contributed by atoms with Crippen LogP contribution < -0.4 is 0 Å². The predicted octanol–water partition coefficient (Wildman–Crippen LogP) is 4.89. The molecule has 3 rings (SSSR count). The number of Topliss-reactive ketones (excluding diaryl/α,β-unsaturated/α-hetero) is 1. The zero-order valence-electron chi connectivity index (χ0n) is 11.8. The molecule has 0 heterocycles. The lowest BCUT2D eigenvalue weighted by atomic mass is 9.82. The summed E-state index contributed by atoms with van der Waals surface area (Å²) < 4.78 is 12.9. The Labute approximate surface area is 124 Å². The first kappa shape index (κ1) is 13.7. The van der Waals surface area contributed by atoms with Crippen molar-refractivity contribution in [1.29, 1.82) is 0 Å². The molecule has 2 heteroatoms. The van der Waals surface area contributed by atoms with Crippen molar-refractivity contribution >= 4 is 11.4 Å². The average molecular weight is 280 g/mol. The summed E-state index contributed by atoms with van der Waals surface area (Å²) in [6, 6.07) is 16.1. The molecular weight excluding hydrogens is 263 g/mol. The monoisotopic (exact) mass is 280 g/mol. The summed E-state index contributed by atoms with van der Waals surface area (Å²) in [7, 11) is 0. The quantitative estimate of drug-likeness (QED) is 0.731. The number of hydrogen-bond donors (Lipinski definition) is 0. The maximum atomic E-state index is 12.9. The summed E-state index contributed by atoms with van der Waals surface area (Å²) in [5.41, 5.74) is 3.07. The third-order valence-electron chi connectivity index (χ3n) is 4.06. The van der Waals surface area contributed by atoms with Crippen molar-refractivity contribution in [1.82, 2.24) is 0 Å². The highest BCUT2D eigenvalue weighted by molar-refractivity contribution is 5.98. The van der Waals surface area contributed by atoms with E-state index in [2.05, 4.69) is 6.08 Å². The molecule has 0 saturated carbocycles. The van der Waals surface area contributed by atoms with Gasteiger partial charge < -0.3 is 0 Å². The van der Waals surface area contributed by atoms with Crippen LogP contribution in [0, 0.1) is 11.7 Å². The lowest BCUT2D eigenvalue weighted by molar-refractivity contribution is 0.0913. The first-order valence-corrected chi connectivity index (χ1v) is 7.28. The fraction of sp³-hybridized carbons (Fsp3) is 0.211. The van der Waals surface area contributed by atoms with Gasteiger partial charge in [0.2, 0.25) is 0 Å². The third-order valence-corrected chi connectivity index (χ3v) is 4.06. The molecule has 2 aromatic rings. The van der Waals surface area contributed by atoms with Crippen molar-refractivity contribution in [3.63, 3.8) is 0 Å². The minimum absolute atomic E-state index is 0.0663. The Morgan fingerprint density at radius 3 is 2.33 bits per heavy atom. The molecule has 0 fully saturated rings. The summed E-state index contributed by atoms with van der Waals surface area (Å²) in [5.74, 6) is 0.0777. The standard InChI is InChI=1S/C19H17FO/c20-18-12-10-15(11-13-18)14-6-8-17(9-7-14)19(21)16-4-2-1-3-5-16/h1-6,10-13,17H,7-9H2. The summed E-state index contributed by atoms with van der Waals surface area (Å²) in [6.07, 6.45) is 4.62. The maximum absolute atomic E-state index is 12.9. The van der Waals surface area contributed by atoms with Crippen molar-refractivity contribution < 1.29 is 9.18 Å². The molecule has 1 unspecified atom stereocenters. The summed E-state index contributed by atoms with van der Waals surface area (Å²) >= 11 is 0. The van der Waals surface area contributed by atoms with Crippen LogP contribution in [0.15, 0.2) is 60.7 Å². The Bertz CT molecular complexity index is 656. The van der Waals surface area contributed by atoms with E-state index in [0.29, 0.717) is 0 Å². The molecule has 1 nitrogen and oxygen atoms in total. The maximum Gasteiger partial charge on any atom is 0.166 e. The molecule has 1 aliphatic rings. The van der Waals surface area contributed by atoms with Gasteiger partial charge in [0.15, 0.2) is 5.78 Å². The van der Waals surface area contributed by atoms with E-state index in [9.17, 15) is 9.18 Å². The van der Waals surface area contributed by atoms with Crippen LogP contribution in [0.2, 0.25) is 0 Å². The zero-order chi connectivity index (χ0) is 14.7. The molecule has 0 spiro atoms. The minimum Gasteiger partial charge on any atom is -0.294 e. The second-order valence-electron chi connectivity index (χ2n) is 5.44.